The molecule has 1 saturated heterocycles. The number of hydrogen-bond donors (Lipinski definition) is 2. The largest absolute Gasteiger partial charge is 0.513 e. The number of ether oxygens (including phenoxy) is 4. The lowest BCUT2D eigenvalue weighted by molar-refractivity contribution is -0.384. The molecular formula is C24H23FN6O9. The first kappa shape index (κ1) is 28.1. The first-order valence-electron chi connectivity index (χ1n) is 11.6. The fourth-order valence-corrected chi connectivity index (χ4v) is 3.74. The Labute approximate surface area is 225 Å². The quantitative estimate of drug-likeness (QED) is 0.112. The predicted octanol–water partition coefficient (Wildman–Crippen LogP) is 3.09. The Balaban J connectivity index is 1.48. The minimum absolute atomic E-state index is 0.00600. The van der Waals surface area contributed by atoms with Crippen molar-refractivity contribution in [3.05, 3.63) is 46.8 Å². The molecule has 2 N–H and O–H groups in total. The smallest absolute Gasteiger partial charge is 0.444 e. The van der Waals surface area contributed by atoms with Crippen LogP contribution in [0.15, 0.2) is 30.6 Å². The van der Waals surface area contributed by atoms with Gasteiger partial charge in [0.15, 0.2) is 22.6 Å². The summed E-state index contributed by atoms with van der Waals surface area (Å²) in [5.74, 6) is 2.00. The van der Waals surface area contributed by atoms with E-state index in [0.29, 0.717) is 0 Å². The maximum absolute atomic E-state index is 14.3. The van der Waals surface area contributed by atoms with E-state index in [9.17, 15) is 29.2 Å². The van der Waals surface area contributed by atoms with Gasteiger partial charge in [0.1, 0.15) is 30.3 Å². The SMILES string of the molecule is C#C[C@]1(COC(=O)Oc2ccc([N+](=O)[O-])cc2)OC(n2cnc3c(NC(=O)OC(C)(C)C)nc(F)nc32)C[C@@H]1O. The molecule has 3 aromatic rings. The number of anilines is 1. The number of non-ortho nitro benzene ring substituents is 1. The number of aliphatic hydroxyl groups excluding tert-OH is 1. The molecule has 2 aromatic heterocycles. The molecule has 1 unspecified atom stereocenters. The first-order chi connectivity index (χ1) is 18.8. The number of carbonyl (C=O) groups is 2. The van der Waals surface area contributed by atoms with Crippen LogP contribution in [0, 0.1) is 28.5 Å². The van der Waals surface area contributed by atoms with E-state index in [4.69, 9.17) is 25.4 Å². The van der Waals surface area contributed by atoms with E-state index in [1.807, 2.05) is 0 Å². The van der Waals surface area contributed by atoms with Crippen molar-refractivity contribution in [2.45, 2.75) is 50.7 Å². The monoisotopic (exact) mass is 558 g/mol. The van der Waals surface area contributed by atoms with Crippen LogP contribution in [0.2, 0.25) is 0 Å². The van der Waals surface area contributed by atoms with Gasteiger partial charge in [0, 0.05) is 18.6 Å². The van der Waals surface area contributed by atoms with Gasteiger partial charge in [-0.15, -0.1) is 6.42 Å². The summed E-state index contributed by atoms with van der Waals surface area (Å²) in [5.41, 5.74) is -2.92. The van der Waals surface area contributed by atoms with Crippen LogP contribution in [-0.2, 0) is 14.2 Å². The van der Waals surface area contributed by atoms with Crippen molar-refractivity contribution < 1.29 is 43.0 Å². The molecule has 3 heterocycles. The molecule has 210 valence electrons. The number of nitrogens with zero attached hydrogens (tertiary/aromatic N) is 5. The number of fused-ring (bicyclic) bond motifs is 1. The highest BCUT2D eigenvalue weighted by atomic mass is 19.1. The van der Waals surface area contributed by atoms with Crippen LogP contribution in [0.1, 0.15) is 33.4 Å². The number of benzene rings is 1. The highest BCUT2D eigenvalue weighted by Gasteiger charge is 2.49. The van der Waals surface area contributed by atoms with Gasteiger partial charge < -0.3 is 24.1 Å². The lowest BCUT2D eigenvalue weighted by Crippen LogP contribution is -2.43. The minimum atomic E-state index is -1.82. The topological polar surface area (TPSA) is 190 Å². The Bertz CT molecular complexity index is 1500. The molecule has 1 aliphatic rings. The lowest BCUT2D eigenvalue weighted by atomic mass is 9.99. The Morgan fingerprint density at radius 3 is 2.67 bits per heavy atom. The molecule has 3 atom stereocenters. The lowest BCUT2D eigenvalue weighted by Gasteiger charge is -2.25. The van der Waals surface area contributed by atoms with Crippen molar-refractivity contribution in [1.29, 1.82) is 0 Å². The zero-order valence-electron chi connectivity index (χ0n) is 21.4. The van der Waals surface area contributed by atoms with E-state index in [-0.39, 0.29) is 34.8 Å². The van der Waals surface area contributed by atoms with Gasteiger partial charge in [0.05, 0.1) is 11.3 Å². The second kappa shape index (κ2) is 10.7. The van der Waals surface area contributed by atoms with Gasteiger partial charge in [-0.1, -0.05) is 5.92 Å². The Morgan fingerprint density at radius 2 is 2.05 bits per heavy atom. The number of aromatic nitrogens is 4. The molecule has 0 radical (unpaired) electrons. The molecule has 0 bridgehead atoms. The van der Waals surface area contributed by atoms with Crippen molar-refractivity contribution in [3.8, 4) is 18.1 Å². The first-order valence-corrected chi connectivity index (χ1v) is 11.6. The summed E-state index contributed by atoms with van der Waals surface area (Å²) in [5, 5.41) is 23.8. The van der Waals surface area contributed by atoms with E-state index in [1.165, 1.54) is 23.0 Å². The number of amides is 1. The Hall–Kier alpha value is -4.88. The third-order valence-electron chi connectivity index (χ3n) is 5.53. The fraction of sp³-hybridized carbons (Fsp3) is 0.375. The average molecular weight is 558 g/mol. The van der Waals surface area contributed by atoms with Gasteiger partial charge >= 0.3 is 18.3 Å². The van der Waals surface area contributed by atoms with E-state index >= 15 is 0 Å². The van der Waals surface area contributed by atoms with Crippen LogP contribution in [0.3, 0.4) is 0 Å². The van der Waals surface area contributed by atoms with Crippen LogP contribution in [0.5, 0.6) is 5.75 Å². The number of imidazole rings is 1. The average Bonchev–Trinajstić information content (AvgIpc) is 3.43. The minimum Gasteiger partial charge on any atom is -0.444 e. The highest BCUT2D eigenvalue weighted by molar-refractivity contribution is 5.93. The second-order valence-corrected chi connectivity index (χ2v) is 9.54. The molecule has 1 amide bonds. The number of rotatable bonds is 6. The highest BCUT2D eigenvalue weighted by Crippen LogP contribution is 2.38. The van der Waals surface area contributed by atoms with Crippen LogP contribution < -0.4 is 10.1 Å². The zero-order chi connectivity index (χ0) is 29.2. The van der Waals surface area contributed by atoms with E-state index in [1.54, 1.807) is 20.8 Å². The Kier molecular flexibility index (Phi) is 7.53. The number of carbonyl (C=O) groups excluding carboxylic acids is 2. The van der Waals surface area contributed by atoms with E-state index < -0.39 is 53.4 Å². The van der Waals surface area contributed by atoms with Crippen molar-refractivity contribution in [3.63, 3.8) is 0 Å². The molecule has 0 aliphatic carbocycles. The van der Waals surface area contributed by atoms with Crippen LogP contribution in [0.25, 0.3) is 11.2 Å². The third kappa shape index (κ3) is 6.06. The molecular weight excluding hydrogens is 535 g/mol. The molecule has 4 rings (SSSR count). The molecule has 40 heavy (non-hydrogen) atoms. The van der Waals surface area contributed by atoms with Gasteiger partial charge in [0.2, 0.25) is 0 Å². The molecule has 1 aromatic carbocycles. The van der Waals surface area contributed by atoms with Crippen LogP contribution >= 0.6 is 0 Å². The third-order valence-corrected chi connectivity index (χ3v) is 5.53. The fourth-order valence-electron chi connectivity index (χ4n) is 3.74. The van der Waals surface area contributed by atoms with Crippen molar-refractivity contribution in [2.75, 3.05) is 11.9 Å². The number of terminal acetylenes is 1. The van der Waals surface area contributed by atoms with Crippen molar-refractivity contribution in [2.24, 2.45) is 0 Å². The molecule has 0 saturated carbocycles. The normalized spacial score (nSPS) is 20.5. The summed E-state index contributed by atoms with van der Waals surface area (Å²) >= 11 is 0. The second-order valence-electron chi connectivity index (χ2n) is 9.54. The number of nitro groups is 1. The number of hydrogen-bond acceptors (Lipinski definition) is 12. The summed E-state index contributed by atoms with van der Waals surface area (Å²) in [6.07, 6.45) is 1.06. The molecule has 0 spiro atoms. The molecule has 15 nitrogen and oxygen atoms in total. The standard InChI is InChI=1S/C24H23FN6O9/c1-5-24(11-37-22(34)38-14-8-6-13(7-9-14)31(35)36)15(32)10-16(39-24)30-12-26-17-18(27-20(25)29-19(17)30)28-21(33)40-23(2,3)4/h1,6-9,12,15-16,32H,10-11H2,2-4H3,(H,27,28,29,33)/t15-,16?,24+/m0/s1. The Morgan fingerprint density at radius 1 is 1.35 bits per heavy atom. The van der Waals surface area contributed by atoms with Gasteiger partial charge in [-0.25, -0.2) is 14.6 Å². The van der Waals surface area contributed by atoms with E-state index in [2.05, 4.69) is 26.2 Å². The van der Waals surface area contributed by atoms with Crippen molar-refractivity contribution in [1.82, 2.24) is 19.5 Å². The zero-order valence-corrected chi connectivity index (χ0v) is 21.4. The maximum Gasteiger partial charge on any atom is 0.513 e. The number of nitrogens with one attached hydrogen (secondary N) is 1. The van der Waals surface area contributed by atoms with Gasteiger partial charge in [-0.05, 0) is 32.9 Å². The van der Waals surface area contributed by atoms with Crippen LogP contribution in [-0.4, -0.2) is 65.7 Å². The number of aliphatic hydroxyl groups is 1. The van der Waals surface area contributed by atoms with Gasteiger partial charge in [0.25, 0.3) is 5.69 Å². The number of nitro benzene ring substituents is 1. The van der Waals surface area contributed by atoms with Crippen molar-refractivity contribution >= 4 is 34.9 Å². The number of halogens is 1. The predicted molar refractivity (Wildman–Crippen MR) is 133 cm³/mol. The maximum atomic E-state index is 14.3. The van der Waals surface area contributed by atoms with E-state index in [0.717, 1.165) is 12.1 Å². The summed E-state index contributed by atoms with van der Waals surface area (Å²) in [4.78, 5) is 45.9. The van der Waals surface area contributed by atoms with Crippen LogP contribution in [0.4, 0.5) is 25.5 Å². The molecule has 16 heteroatoms. The molecule has 1 fully saturated rings. The summed E-state index contributed by atoms with van der Waals surface area (Å²) in [7, 11) is 0. The summed E-state index contributed by atoms with van der Waals surface area (Å²) in [6.45, 7) is 4.32. The molecule has 1 aliphatic heterocycles. The van der Waals surface area contributed by atoms with Gasteiger partial charge in [-0.3, -0.25) is 20.0 Å². The van der Waals surface area contributed by atoms with Gasteiger partial charge in [-0.2, -0.15) is 14.4 Å². The summed E-state index contributed by atoms with van der Waals surface area (Å²) < 4.78 is 36.6. The summed E-state index contributed by atoms with van der Waals surface area (Å²) in [6, 6.07) is 4.67.